The molecule has 0 aliphatic carbocycles. The van der Waals surface area contributed by atoms with Gasteiger partial charge in [0.1, 0.15) is 0 Å². The molecule has 0 heterocycles. The number of hydrogen-bond donors (Lipinski definition) is 2. The van der Waals surface area contributed by atoms with Gasteiger partial charge in [-0.1, -0.05) is 13.2 Å². The fraction of sp³-hybridized carbons (Fsp3) is 0.333. The van der Waals surface area contributed by atoms with E-state index in [2.05, 4.69) is 13.2 Å². The summed E-state index contributed by atoms with van der Waals surface area (Å²) in [6.07, 6.45) is 0. The van der Waals surface area contributed by atoms with Crippen LogP contribution in [0.3, 0.4) is 0 Å². The van der Waals surface area contributed by atoms with Crippen molar-refractivity contribution in [2.45, 2.75) is 0 Å². The summed E-state index contributed by atoms with van der Waals surface area (Å²) in [5.74, 6) is 0.812. The van der Waals surface area contributed by atoms with Crippen LogP contribution in [0.25, 0.3) is 0 Å². The zero-order valence-corrected chi connectivity index (χ0v) is 7.58. The summed E-state index contributed by atoms with van der Waals surface area (Å²) in [7, 11) is 0. The van der Waals surface area contributed by atoms with Gasteiger partial charge in [0.25, 0.3) is 0 Å². The Hall–Kier alpha value is -0.260. The fourth-order valence-corrected chi connectivity index (χ4v) is 1.15. The van der Waals surface area contributed by atoms with Gasteiger partial charge in [-0.2, -0.15) is 0 Å². The van der Waals surface area contributed by atoms with Crippen molar-refractivity contribution in [1.82, 2.24) is 0 Å². The van der Waals surface area contributed by atoms with Gasteiger partial charge in [-0.05, 0) is 0 Å². The summed E-state index contributed by atoms with van der Waals surface area (Å²) >= 11 is 2.13. The van der Waals surface area contributed by atoms with E-state index < -0.39 is 0 Å². The van der Waals surface area contributed by atoms with Crippen LogP contribution >= 0.6 is 24.1 Å². The highest BCUT2D eigenvalue weighted by Crippen LogP contribution is 2.17. The maximum absolute atomic E-state index is 8.59. The second kappa shape index (κ2) is 6.45. The minimum Gasteiger partial charge on any atom is -0.512 e. The van der Waals surface area contributed by atoms with Gasteiger partial charge in [-0.15, -0.1) is 0 Å². The van der Waals surface area contributed by atoms with Crippen molar-refractivity contribution in [1.29, 1.82) is 0 Å². The van der Waals surface area contributed by atoms with Crippen LogP contribution in [0, 0.1) is 0 Å². The third-order valence-electron chi connectivity index (χ3n) is 0.547. The van der Waals surface area contributed by atoms with Gasteiger partial charge in [-0.25, -0.2) is 3.63 Å². The molecule has 0 aromatic carbocycles. The summed E-state index contributed by atoms with van der Waals surface area (Å²) < 4.78 is 4.85. The molecule has 0 fully saturated rings. The van der Waals surface area contributed by atoms with Crippen molar-refractivity contribution < 1.29 is 13.8 Å². The molecule has 0 aliphatic heterocycles. The molecule has 0 aromatic rings. The molecule has 0 saturated heterocycles. The number of aliphatic hydroxyl groups excluding tert-OH is 2. The smallest absolute Gasteiger partial charge is 0.0973 e. The first-order valence-corrected chi connectivity index (χ1v) is 4.59. The van der Waals surface area contributed by atoms with Crippen LogP contribution in [0.2, 0.25) is 0 Å². The Kier molecular flexibility index (Phi) is 6.30. The maximum Gasteiger partial charge on any atom is 0.0973 e. The van der Waals surface area contributed by atoms with Gasteiger partial charge < -0.3 is 10.2 Å². The lowest BCUT2D eigenvalue weighted by molar-refractivity contribution is 0.418. The molecule has 0 bridgehead atoms. The number of hydrogen-bond acceptors (Lipinski definition) is 5. The molecule has 0 spiro atoms. The fourth-order valence-electron chi connectivity index (χ4n) is 0.218. The molecule has 5 heteroatoms. The average Bonchev–Trinajstić information content (AvgIpc) is 1.85. The van der Waals surface area contributed by atoms with Crippen LogP contribution < -0.4 is 0 Å². The van der Waals surface area contributed by atoms with Gasteiger partial charge in [0.2, 0.25) is 0 Å². The Labute approximate surface area is 74.6 Å². The highest BCUT2D eigenvalue weighted by atomic mass is 32.2. The minimum absolute atomic E-state index is 0.0680. The molecule has 11 heavy (non-hydrogen) atoms. The largest absolute Gasteiger partial charge is 0.512 e. The average molecular weight is 194 g/mol. The van der Waals surface area contributed by atoms with E-state index in [4.69, 9.17) is 13.8 Å². The van der Waals surface area contributed by atoms with Crippen LogP contribution in [-0.2, 0) is 3.63 Å². The summed E-state index contributed by atoms with van der Waals surface area (Å²) in [5.41, 5.74) is 0. The standard InChI is InChI=1S/C6H10O3S2/c1-5(7)3-10-9-11-4-6(2)8/h7-8H,1-4H2. The van der Waals surface area contributed by atoms with Crippen molar-refractivity contribution in [2.24, 2.45) is 0 Å². The molecule has 0 atom stereocenters. The second-order valence-electron chi connectivity index (χ2n) is 1.72. The predicted molar refractivity (Wildman–Crippen MR) is 49.5 cm³/mol. The molecule has 0 aromatic heterocycles. The van der Waals surface area contributed by atoms with E-state index in [9.17, 15) is 0 Å². The Morgan fingerprint density at radius 1 is 1.09 bits per heavy atom. The summed E-state index contributed by atoms with van der Waals surface area (Å²) in [6.45, 7) is 6.53. The zero-order chi connectivity index (χ0) is 8.69. The monoisotopic (exact) mass is 194 g/mol. The zero-order valence-electron chi connectivity index (χ0n) is 5.95. The quantitative estimate of drug-likeness (QED) is 0.386. The number of aliphatic hydroxyl groups is 2. The van der Waals surface area contributed by atoms with Gasteiger partial charge in [0.15, 0.2) is 0 Å². The van der Waals surface area contributed by atoms with Crippen LogP contribution in [0.4, 0.5) is 0 Å². The maximum atomic E-state index is 8.59. The third kappa shape index (κ3) is 9.74. The SMILES string of the molecule is C=C(O)CSOSCC(=C)O. The third-order valence-corrected chi connectivity index (χ3v) is 2.22. The molecule has 0 saturated carbocycles. The highest BCUT2D eigenvalue weighted by Gasteiger charge is 1.94. The lowest BCUT2D eigenvalue weighted by Crippen LogP contribution is -1.84. The lowest BCUT2D eigenvalue weighted by atomic mass is 10.7. The summed E-state index contributed by atoms with van der Waals surface area (Å²) in [5, 5.41) is 17.2. The van der Waals surface area contributed by atoms with Crippen LogP contribution in [0.5, 0.6) is 0 Å². The molecule has 64 valence electrons. The Morgan fingerprint density at radius 3 is 1.73 bits per heavy atom. The van der Waals surface area contributed by atoms with Crippen molar-refractivity contribution in [3.05, 3.63) is 24.7 Å². The first kappa shape index (κ1) is 10.7. The first-order valence-electron chi connectivity index (χ1n) is 2.77. The van der Waals surface area contributed by atoms with Crippen LogP contribution in [-0.4, -0.2) is 21.7 Å². The van der Waals surface area contributed by atoms with Crippen molar-refractivity contribution in [3.63, 3.8) is 0 Å². The second-order valence-corrected chi connectivity index (χ2v) is 3.32. The minimum atomic E-state index is 0.0680. The Bertz CT molecular complexity index is 131. The Balaban J connectivity index is 3.03. The predicted octanol–water partition coefficient (Wildman–Crippen LogP) is 2.44. The highest BCUT2D eigenvalue weighted by molar-refractivity contribution is 8.08. The van der Waals surface area contributed by atoms with E-state index in [-0.39, 0.29) is 11.5 Å². The molecule has 0 radical (unpaired) electrons. The van der Waals surface area contributed by atoms with Crippen molar-refractivity contribution >= 4 is 24.1 Å². The molecule has 0 aliphatic rings. The molecule has 3 nitrogen and oxygen atoms in total. The van der Waals surface area contributed by atoms with Gasteiger partial charge >= 0.3 is 0 Å². The first-order chi connectivity index (χ1) is 5.13. The summed E-state index contributed by atoms with van der Waals surface area (Å²) in [6, 6.07) is 0. The summed E-state index contributed by atoms with van der Waals surface area (Å²) in [4.78, 5) is 0. The molecular weight excluding hydrogens is 184 g/mol. The van der Waals surface area contributed by atoms with E-state index in [0.717, 1.165) is 24.1 Å². The topological polar surface area (TPSA) is 49.7 Å². The molecular formula is C6H10O3S2. The molecule has 0 rings (SSSR count). The lowest BCUT2D eigenvalue weighted by Gasteiger charge is -1.98. The van der Waals surface area contributed by atoms with Crippen molar-refractivity contribution in [2.75, 3.05) is 11.5 Å². The Morgan fingerprint density at radius 2 is 1.45 bits per heavy atom. The van der Waals surface area contributed by atoms with E-state index in [1.807, 2.05) is 0 Å². The normalized spacial score (nSPS) is 9.45. The molecule has 0 unspecified atom stereocenters. The van der Waals surface area contributed by atoms with Crippen LogP contribution in [0.15, 0.2) is 24.7 Å². The number of rotatable bonds is 6. The van der Waals surface area contributed by atoms with E-state index in [0.29, 0.717) is 11.5 Å². The van der Waals surface area contributed by atoms with Gasteiger partial charge in [-0.3, -0.25) is 0 Å². The van der Waals surface area contributed by atoms with Gasteiger partial charge in [0.05, 0.1) is 23.0 Å². The van der Waals surface area contributed by atoms with E-state index in [1.165, 1.54) is 0 Å². The van der Waals surface area contributed by atoms with E-state index >= 15 is 0 Å². The van der Waals surface area contributed by atoms with Gasteiger partial charge in [0, 0.05) is 24.1 Å². The molecule has 2 N–H and O–H groups in total. The van der Waals surface area contributed by atoms with Crippen LogP contribution in [0.1, 0.15) is 0 Å². The van der Waals surface area contributed by atoms with E-state index in [1.54, 1.807) is 0 Å². The van der Waals surface area contributed by atoms with Crippen molar-refractivity contribution in [3.8, 4) is 0 Å². The molecule has 0 amide bonds.